The predicted molar refractivity (Wildman–Crippen MR) is 89.6 cm³/mol. The highest BCUT2D eigenvalue weighted by atomic mass is 16.5. The minimum atomic E-state index is 0.712. The molecule has 1 aromatic heterocycles. The molecule has 21 heavy (non-hydrogen) atoms. The highest BCUT2D eigenvalue weighted by Crippen LogP contribution is 2.22. The van der Waals surface area contributed by atoms with Gasteiger partial charge in [0, 0.05) is 38.0 Å². The van der Waals surface area contributed by atoms with Gasteiger partial charge in [0.15, 0.2) is 0 Å². The van der Waals surface area contributed by atoms with Gasteiger partial charge in [0.05, 0.1) is 6.61 Å². The smallest absolute Gasteiger partial charge is 0.0587 e. The fourth-order valence-electron chi connectivity index (χ4n) is 2.92. The fourth-order valence-corrected chi connectivity index (χ4v) is 2.92. The Bertz CT molecular complexity index is 547. The lowest BCUT2D eigenvalue weighted by Crippen LogP contribution is -2.21. The Hall–Kier alpha value is -1.32. The number of ether oxygens (including phenoxy) is 1. The molecule has 1 aromatic carbocycles. The van der Waals surface area contributed by atoms with Gasteiger partial charge >= 0.3 is 0 Å². The number of hydrogen-bond donors (Lipinski definition) is 1. The summed E-state index contributed by atoms with van der Waals surface area (Å²) in [7, 11) is 1.74. The van der Waals surface area contributed by atoms with Gasteiger partial charge in [0.2, 0.25) is 0 Å². The van der Waals surface area contributed by atoms with Crippen molar-refractivity contribution >= 4 is 10.9 Å². The van der Waals surface area contributed by atoms with Gasteiger partial charge in [-0.2, -0.15) is 0 Å². The van der Waals surface area contributed by atoms with Crippen molar-refractivity contribution in [3.63, 3.8) is 0 Å². The van der Waals surface area contributed by atoms with E-state index in [9.17, 15) is 0 Å². The summed E-state index contributed by atoms with van der Waals surface area (Å²) in [5.41, 5.74) is 2.72. The van der Waals surface area contributed by atoms with Crippen LogP contribution in [0.4, 0.5) is 0 Å². The van der Waals surface area contributed by atoms with E-state index in [1.165, 1.54) is 29.4 Å². The molecule has 0 aliphatic rings. The normalized spacial score (nSPS) is 12.9. The first-order chi connectivity index (χ1) is 10.3. The Morgan fingerprint density at radius 3 is 2.86 bits per heavy atom. The van der Waals surface area contributed by atoms with Crippen LogP contribution in [0.5, 0.6) is 0 Å². The van der Waals surface area contributed by atoms with Gasteiger partial charge < -0.3 is 14.6 Å². The Balaban J connectivity index is 2.17. The summed E-state index contributed by atoms with van der Waals surface area (Å²) in [4.78, 5) is 0. The third-order valence-corrected chi connectivity index (χ3v) is 3.96. The standard InChI is InChI=1S/C18H28N2O/c1-4-7-15(2)14-20-17(13-19-10-11-21-3)12-16-8-5-6-9-18(16)20/h5-6,8-9,12,15,19H,4,7,10-11,13-14H2,1-3H3. The SMILES string of the molecule is CCCC(C)Cn1c(CNCCOC)cc2ccccc21. The number of nitrogens with one attached hydrogen (secondary N) is 1. The van der Waals surface area contributed by atoms with Crippen LogP contribution >= 0.6 is 0 Å². The molecule has 2 aromatic rings. The van der Waals surface area contributed by atoms with E-state index in [4.69, 9.17) is 4.74 Å². The highest BCUT2D eigenvalue weighted by Gasteiger charge is 2.11. The van der Waals surface area contributed by atoms with Crippen LogP contribution in [0.1, 0.15) is 32.4 Å². The molecule has 1 N–H and O–H groups in total. The fraction of sp³-hybridized carbons (Fsp3) is 0.556. The molecule has 0 aliphatic heterocycles. The molecule has 0 radical (unpaired) electrons. The number of rotatable bonds is 9. The molecule has 1 heterocycles. The number of nitrogens with zero attached hydrogens (tertiary/aromatic N) is 1. The minimum Gasteiger partial charge on any atom is -0.383 e. The van der Waals surface area contributed by atoms with Crippen LogP contribution in [-0.2, 0) is 17.8 Å². The third kappa shape index (κ3) is 4.32. The van der Waals surface area contributed by atoms with Crippen molar-refractivity contribution in [3.05, 3.63) is 36.0 Å². The van der Waals surface area contributed by atoms with Crippen LogP contribution in [0.3, 0.4) is 0 Å². The maximum absolute atomic E-state index is 5.10. The van der Waals surface area contributed by atoms with Crippen molar-refractivity contribution in [2.24, 2.45) is 5.92 Å². The highest BCUT2D eigenvalue weighted by molar-refractivity contribution is 5.81. The lowest BCUT2D eigenvalue weighted by Gasteiger charge is -2.16. The van der Waals surface area contributed by atoms with Crippen molar-refractivity contribution in [3.8, 4) is 0 Å². The third-order valence-electron chi connectivity index (χ3n) is 3.96. The van der Waals surface area contributed by atoms with Crippen LogP contribution in [0.25, 0.3) is 10.9 Å². The summed E-state index contributed by atoms with van der Waals surface area (Å²) in [6.45, 7) is 8.26. The zero-order valence-corrected chi connectivity index (χ0v) is 13.6. The Morgan fingerprint density at radius 2 is 2.10 bits per heavy atom. The maximum atomic E-state index is 5.10. The van der Waals surface area contributed by atoms with E-state index >= 15 is 0 Å². The van der Waals surface area contributed by atoms with Gasteiger partial charge in [0.1, 0.15) is 0 Å². The topological polar surface area (TPSA) is 26.2 Å². The van der Waals surface area contributed by atoms with E-state index in [1.807, 2.05) is 0 Å². The zero-order chi connectivity index (χ0) is 15.1. The minimum absolute atomic E-state index is 0.712. The molecular weight excluding hydrogens is 260 g/mol. The van der Waals surface area contributed by atoms with Gasteiger partial charge in [-0.05, 0) is 29.9 Å². The van der Waals surface area contributed by atoms with E-state index < -0.39 is 0 Å². The second-order valence-electron chi connectivity index (χ2n) is 5.87. The summed E-state index contributed by atoms with van der Waals surface area (Å²) < 4.78 is 7.58. The molecule has 0 fully saturated rings. The first-order valence-electron chi connectivity index (χ1n) is 8.03. The van der Waals surface area contributed by atoms with Crippen molar-refractivity contribution in [2.75, 3.05) is 20.3 Å². The van der Waals surface area contributed by atoms with Crippen molar-refractivity contribution in [1.82, 2.24) is 9.88 Å². The van der Waals surface area contributed by atoms with E-state index in [0.29, 0.717) is 5.92 Å². The summed E-state index contributed by atoms with van der Waals surface area (Å²) in [5.74, 6) is 0.712. The number of fused-ring (bicyclic) bond motifs is 1. The molecule has 0 bridgehead atoms. The quantitative estimate of drug-likeness (QED) is 0.710. The average molecular weight is 288 g/mol. The number of methoxy groups -OCH3 is 1. The van der Waals surface area contributed by atoms with Gasteiger partial charge in [-0.3, -0.25) is 0 Å². The lowest BCUT2D eigenvalue weighted by atomic mass is 10.1. The van der Waals surface area contributed by atoms with Crippen molar-refractivity contribution in [1.29, 1.82) is 0 Å². The number of para-hydroxylation sites is 1. The Labute approximate surface area is 128 Å². The van der Waals surface area contributed by atoms with Gasteiger partial charge in [-0.25, -0.2) is 0 Å². The maximum Gasteiger partial charge on any atom is 0.0587 e. The molecular formula is C18H28N2O. The lowest BCUT2D eigenvalue weighted by molar-refractivity contribution is 0.199. The van der Waals surface area contributed by atoms with E-state index in [2.05, 4.69) is 54.1 Å². The van der Waals surface area contributed by atoms with Crippen molar-refractivity contribution in [2.45, 2.75) is 39.8 Å². The Kier molecular flexibility index (Phi) is 6.27. The molecule has 116 valence electrons. The van der Waals surface area contributed by atoms with Gasteiger partial charge in [-0.15, -0.1) is 0 Å². The van der Waals surface area contributed by atoms with E-state index in [-0.39, 0.29) is 0 Å². The molecule has 0 saturated heterocycles. The summed E-state index contributed by atoms with van der Waals surface area (Å²) >= 11 is 0. The molecule has 0 spiro atoms. The summed E-state index contributed by atoms with van der Waals surface area (Å²) in [6.07, 6.45) is 2.53. The predicted octanol–water partition coefficient (Wildman–Crippen LogP) is 3.81. The molecule has 1 atom stereocenters. The van der Waals surface area contributed by atoms with E-state index in [0.717, 1.165) is 26.2 Å². The molecule has 3 heteroatoms. The zero-order valence-electron chi connectivity index (χ0n) is 13.6. The van der Waals surface area contributed by atoms with Crippen LogP contribution < -0.4 is 5.32 Å². The first kappa shape index (κ1) is 16.1. The van der Waals surface area contributed by atoms with Crippen LogP contribution in [0, 0.1) is 5.92 Å². The summed E-state index contributed by atoms with van der Waals surface area (Å²) in [5, 5.41) is 4.80. The van der Waals surface area contributed by atoms with Crippen LogP contribution in [0.2, 0.25) is 0 Å². The van der Waals surface area contributed by atoms with Gasteiger partial charge in [0.25, 0.3) is 0 Å². The van der Waals surface area contributed by atoms with Crippen molar-refractivity contribution < 1.29 is 4.74 Å². The molecule has 2 rings (SSSR count). The number of benzene rings is 1. The molecule has 3 nitrogen and oxygen atoms in total. The van der Waals surface area contributed by atoms with E-state index in [1.54, 1.807) is 7.11 Å². The monoisotopic (exact) mass is 288 g/mol. The molecule has 0 amide bonds. The second kappa shape index (κ2) is 8.20. The number of hydrogen-bond acceptors (Lipinski definition) is 2. The van der Waals surface area contributed by atoms with Gasteiger partial charge in [-0.1, -0.05) is 38.5 Å². The van der Waals surface area contributed by atoms with Crippen LogP contribution in [0.15, 0.2) is 30.3 Å². The number of aromatic nitrogens is 1. The Morgan fingerprint density at radius 1 is 1.29 bits per heavy atom. The molecule has 0 saturated carbocycles. The molecule has 1 unspecified atom stereocenters. The molecule has 0 aliphatic carbocycles. The largest absolute Gasteiger partial charge is 0.383 e. The summed E-state index contributed by atoms with van der Waals surface area (Å²) in [6, 6.07) is 11.0. The van der Waals surface area contributed by atoms with Crippen LogP contribution in [-0.4, -0.2) is 24.8 Å². The second-order valence-corrected chi connectivity index (χ2v) is 5.87. The average Bonchev–Trinajstić information content (AvgIpc) is 2.82. The first-order valence-corrected chi connectivity index (χ1v) is 8.03.